The maximum atomic E-state index is 11.7. The molecule has 0 aliphatic rings. The number of rotatable bonds is 6. The number of nitrogens with two attached hydrogens (primary N) is 1. The highest BCUT2D eigenvalue weighted by molar-refractivity contribution is 9.10. The van der Waals surface area contributed by atoms with Crippen molar-refractivity contribution in [3.63, 3.8) is 0 Å². The van der Waals surface area contributed by atoms with Crippen LogP contribution in [0.3, 0.4) is 0 Å². The summed E-state index contributed by atoms with van der Waals surface area (Å²) in [5.41, 5.74) is 5.41. The van der Waals surface area contributed by atoms with Crippen LogP contribution in [0, 0.1) is 5.92 Å². The van der Waals surface area contributed by atoms with E-state index < -0.39 is 0 Å². The lowest BCUT2D eigenvalue weighted by molar-refractivity contribution is -0.124. The van der Waals surface area contributed by atoms with Crippen LogP contribution >= 0.6 is 27.3 Å². The molecular formula is C11H17BrN2OS. The van der Waals surface area contributed by atoms with Crippen molar-refractivity contribution < 1.29 is 4.79 Å². The maximum absolute atomic E-state index is 11.7. The Bertz CT molecular complexity index is 340. The third-order valence-electron chi connectivity index (χ3n) is 2.40. The number of amides is 1. The first-order valence-corrected chi connectivity index (χ1v) is 7.02. The van der Waals surface area contributed by atoms with Crippen molar-refractivity contribution in [3.8, 4) is 0 Å². The van der Waals surface area contributed by atoms with Gasteiger partial charge in [-0.2, -0.15) is 0 Å². The standard InChI is InChI=1S/C11H17BrN2OS/c1-8(3-2-5-13)11(15)14-7-10-9(12)4-6-16-10/h4,6,8H,2-3,5,7,13H2,1H3,(H,14,15). The summed E-state index contributed by atoms with van der Waals surface area (Å²) in [5, 5.41) is 4.94. The minimum absolute atomic E-state index is 0.0438. The van der Waals surface area contributed by atoms with Crippen LogP contribution < -0.4 is 11.1 Å². The summed E-state index contributed by atoms with van der Waals surface area (Å²) in [6.07, 6.45) is 1.76. The van der Waals surface area contributed by atoms with Gasteiger partial charge in [0.15, 0.2) is 0 Å². The zero-order valence-electron chi connectivity index (χ0n) is 9.33. The van der Waals surface area contributed by atoms with Gasteiger partial charge in [-0.1, -0.05) is 6.92 Å². The van der Waals surface area contributed by atoms with Crippen LogP contribution in [0.4, 0.5) is 0 Å². The van der Waals surface area contributed by atoms with Gasteiger partial charge in [0.05, 0.1) is 6.54 Å². The van der Waals surface area contributed by atoms with Gasteiger partial charge in [0, 0.05) is 15.3 Å². The molecule has 0 spiro atoms. The summed E-state index contributed by atoms with van der Waals surface area (Å²) in [5.74, 6) is 0.149. The van der Waals surface area contributed by atoms with E-state index in [1.165, 1.54) is 0 Å². The van der Waals surface area contributed by atoms with E-state index in [1.54, 1.807) is 11.3 Å². The molecule has 0 radical (unpaired) electrons. The van der Waals surface area contributed by atoms with Crippen LogP contribution in [0.5, 0.6) is 0 Å². The highest BCUT2D eigenvalue weighted by Gasteiger charge is 2.12. The second-order valence-corrected chi connectivity index (χ2v) is 5.60. The molecule has 1 atom stereocenters. The van der Waals surface area contributed by atoms with Crippen molar-refractivity contribution in [2.45, 2.75) is 26.3 Å². The Hall–Kier alpha value is -0.390. The fourth-order valence-electron chi connectivity index (χ4n) is 1.35. The molecule has 1 aromatic rings. The van der Waals surface area contributed by atoms with Crippen LogP contribution in [-0.2, 0) is 11.3 Å². The van der Waals surface area contributed by atoms with Crippen molar-refractivity contribution in [2.24, 2.45) is 11.7 Å². The van der Waals surface area contributed by atoms with Gasteiger partial charge in [-0.15, -0.1) is 11.3 Å². The lowest BCUT2D eigenvalue weighted by atomic mass is 10.1. The Labute approximate surface area is 109 Å². The molecule has 0 aliphatic carbocycles. The van der Waals surface area contributed by atoms with E-state index in [1.807, 2.05) is 18.4 Å². The third-order valence-corrected chi connectivity index (χ3v) is 4.33. The Morgan fingerprint density at radius 1 is 1.69 bits per heavy atom. The van der Waals surface area contributed by atoms with E-state index in [9.17, 15) is 4.79 Å². The highest BCUT2D eigenvalue weighted by Crippen LogP contribution is 2.22. The lowest BCUT2D eigenvalue weighted by Gasteiger charge is -2.11. The molecule has 90 valence electrons. The van der Waals surface area contributed by atoms with E-state index in [2.05, 4.69) is 21.2 Å². The number of hydrogen-bond acceptors (Lipinski definition) is 3. The average Bonchev–Trinajstić information content (AvgIpc) is 2.68. The highest BCUT2D eigenvalue weighted by atomic mass is 79.9. The van der Waals surface area contributed by atoms with Gasteiger partial charge >= 0.3 is 0 Å². The summed E-state index contributed by atoms with van der Waals surface area (Å²) in [7, 11) is 0. The number of hydrogen-bond donors (Lipinski definition) is 2. The van der Waals surface area contributed by atoms with Gasteiger partial charge in [0.2, 0.25) is 5.91 Å². The van der Waals surface area contributed by atoms with Crippen LogP contribution in [0.25, 0.3) is 0 Å². The topological polar surface area (TPSA) is 55.1 Å². The molecule has 1 amide bonds. The van der Waals surface area contributed by atoms with Gasteiger partial charge in [-0.25, -0.2) is 0 Å². The SMILES string of the molecule is CC(CCCN)C(=O)NCc1sccc1Br. The Balaban J connectivity index is 2.32. The molecule has 0 aromatic carbocycles. The van der Waals surface area contributed by atoms with Crippen molar-refractivity contribution in [1.82, 2.24) is 5.32 Å². The summed E-state index contributed by atoms with van der Waals surface area (Å²) < 4.78 is 1.06. The molecule has 1 unspecified atom stereocenters. The first-order valence-electron chi connectivity index (χ1n) is 5.34. The minimum Gasteiger partial charge on any atom is -0.351 e. The molecule has 5 heteroatoms. The smallest absolute Gasteiger partial charge is 0.223 e. The summed E-state index contributed by atoms with van der Waals surface area (Å²) >= 11 is 5.08. The first kappa shape index (κ1) is 13.7. The quantitative estimate of drug-likeness (QED) is 0.848. The van der Waals surface area contributed by atoms with E-state index in [0.29, 0.717) is 13.1 Å². The molecule has 0 fully saturated rings. The van der Waals surface area contributed by atoms with Gasteiger partial charge in [0.25, 0.3) is 0 Å². The first-order chi connectivity index (χ1) is 7.65. The number of carbonyl (C=O) groups is 1. The Kier molecular flexibility index (Phi) is 6.01. The minimum atomic E-state index is 0.0438. The van der Waals surface area contributed by atoms with E-state index in [0.717, 1.165) is 22.2 Å². The largest absolute Gasteiger partial charge is 0.351 e. The zero-order chi connectivity index (χ0) is 12.0. The number of carbonyl (C=O) groups excluding carboxylic acids is 1. The van der Waals surface area contributed by atoms with Crippen LogP contribution in [0.1, 0.15) is 24.6 Å². The summed E-state index contributed by atoms with van der Waals surface area (Å²) in [6.45, 7) is 3.19. The van der Waals surface area contributed by atoms with E-state index >= 15 is 0 Å². The van der Waals surface area contributed by atoms with E-state index in [-0.39, 0.29) is 11.8 Å². The molecule has 16 heavy (non-hydrogen) atoms. The fourth-order valence-corrected chi connectivity index (χ4v) is 2.78. The molecule has 3 N–H and O–H groups in total. The van der Waals surface area contributed by atoms with Gasteiger partial charge in [0.1, 0.15) is 0 Å². The van der Waals surface area contributed by atoms with Crippen LogP contribution in [0.15, 0.2) is 15.9 Å². The normalized spacial score (nSPS) is 12.4. The monoisotopic (exact) mass is 304 g/mol. The summed E-state index contributed by atoms with van der Waals surface area (Å²) in [6, 6.07) is 1.99. The Morgan fingerprint density at radius 3 is 3.00 bits per heavy atom. The molecule has 1 rings (SSSR count). The molecule has 1 heterocycles. The molecule has 0 saturated heterocycles. The van der Waals surface area contributed by atoms with Crippen molar-refractivity contribution in [3.05, 3.63) is 20.8 Å². The van der Waals surface area contributed by atoms with Crippen LogP contribution in [-0.4, -0.2) is 12.5 Å². The van der Waals surface area contributed by atoms with Gasteiger partial charge in [-0.3, -0.25) is 4.79 Å². The predicted octanol–water partition coefficient (Wildman–Crippen LogP) is 2.50. The third kappa shape index (κ3) is 4.23. The number of thiophene rings is 1. The average molecular weight is 305 g/mol. The van der Waals surface area contributed by atoms with Gasteiger partial charge < -0.3 is 11.1 Å². The van der Waals surface area contributed by atoms with Gasteiger partial charge in [-0.05, 0) is 46.8 Å². The molecule has 3 nitrogen and oxygen atoms in total. The van der Waals surface area contributed by atoms with E-state index in [4.69, 9.17) is 5.73 Å². The number of halogens is 1. The van der Waals surface area contributed by atoms with Crippen molar-refractivity contribution >= 4 is 33.2 Å². The molecule has 0 aliphatic heterocycles. The fraction of sp³-hybridized carbons (Fsp3) is 0.545. The van der Waals surface area contributed by atoms with Crippen molar-refractivity contribution in [2.75, 3.05) is 6.54 Å². The predicted molar refractivity (Wildman–Crippen MR) is 71.3 cm³/mol. The molecule has 0 bridgehead atoms. The lowest BCUT2D eigenvalue weighted by Crippen LogP contribution is -2.28. The number of nitrogens with one attached hydrogen (secondary N) is 1. The molecule has 0 saturated carbocycles. The summed E-state index contributed by atoms with van der Waals surface area (Å²) in [4.78, 5) is 12.8. The zero-order valence-corrected chi connectivity index (χ0v) is 11.7. The van der Waals surface area contributed by atoms with Crippen LogP contribution in [0.2, 0.25) is 0 Å². The van der Waals surface area contributed by atoms with Crippen molar-refractivity contribution in [1.29, 1.82) is 0 Å². The second-order valence-electron chi connectivity index (χ2n) is 3.74. The molecular weight excluding hydrogens is 288 g/mol. The molecule has 1 aromatic heterocycles. The second kappa shape index (κ2) is 7.04. The maximum Gasteiger partial charge on any atom is 0.223 e. The Morgan fingerprint density at radius 2 is 2.44 bits per heavy atom.